The highest BCUT2D eigenvalue weighted by molar-refractivity contribution is 7.47. The first-order chi connectivity index (χ1) is 44.2. The second-order valence-corrected chi connectivity index (χ2v) is 29.7. The van der Waals surface area contributed by atoms with Crippen molar-refractivity contribution in [3.8, 4) is 34.1 Å². The van der Waals surface area contributed by atoms with Crippen LogP contribution in [0, 0.1) is 21.7 Å². The molecule has 0 radical (unpaired) electrons. The molecule has 4 heterocycles. The van der Waals surface area contributed by atoms with Gasteiger partial charge in [-0.1, -0.05) is 189 Å². The van der Waals surface area contributed by atoms with E-state index in [1.54, 1.807) is 12.1 Å². The molecule has 482 valence electrons. The van der Waals surface area contributed by atoms with E-state index in [0.29, 0.717) is 108 Å². The van der Waals surface area contributed by atoms with Gasteiger partial charge in [-0.15, -0.1) is 0 Å². The Morgan fingerprint density at radius 1 is 0.380 bits per heavy atom. The van der Waals surface area contributed by atoms with E-state index in [4.69, 9.17) is 65.5 Å². The number of ether oxygens (including phenoxy) is 10. The van der Waals surface area contributed by atoms with Gasteiger partial charge in [-0.05, 0) is 56.9 Å². The molecule has 0 N–H and O–H groups in total. The lowest BCUT2D eigenvalue weighted by Gasteiger charge is -2.36. The zero-order chi connectivity index (χ0) is 64.4. The van der Waals surface area contributed by atoms with Crippen molar-refractivity contribution in [3.63, 3.8) is 0 Å². The van der Waals surface area contributed by atoms with E-state index in [-0.39, 0.29) is 56.6 Å². The van der Waals surface area contributed by atoms with Crippen molar-refractivity contribution >= 4 is 50.2 Å². The Morgan fingerprint density at radius 2 is 0.663 bits per heavy atom. The normalized spacial score (nSPS) is 19.2. The summed E-state index contributed by atoms with van der Waals surface area (Å²) in [6, 6.07) is 49.9. The van der Waals surface area contributed by atoms with Gasteiger partial charge in [0.2, 0.25) is 0 Å². The number of methoxy groups -OCH3 is 2. The number of rotatable bonds is 19. The van der Waals surface area contributed by atoms with Crippen molar-refractivity contribution in [1.29, 1.82) is 0 Å². The maximum absolute atomic E-state index is 15.0. The molecule has 0 saturated carbocycles. The molecule has 0 amide bonds. The molecule has 18 heteroatoms. The summed E-state index contributed by atoms with van der Waals surface area (Å²) in [4.78, 5) is 29.9. The molecule has 0 spiro atoms. The number of para-hydroxylation sites is 2. The monoisotopic (exact) mass is 1290 g/mol. The zero-order valence-corrected chi connectivity index (χ0v) is 55.6. The lowest BCUT2D eigenvalue weighted by atomic mass is 9.89. The van der Waals surface area contributed by atoms with Crippen molar-refractivity contribution in [2.24, 2.45) is 21.7 Å². The summed E-state index contributed by atoms with van der Waals surface area (Å²) in [5.41, 5.74) is 4.66. The van der Waals surface area contributed by atoms with Crippen LogP contribution >= 0.6 is 16.8 Å². The minimum atomic E-state index is -2.23. The van der Waals surface area contributed by atoms with Gasteiger partial charge in [-0.25, -0.2) is 9.59 Å². The van der Waals surface area contributed by atoms with E-state index in [9.17, 15) is 9.59 Å². The summed E-state index contributed by atoms with van der Waals surface area (Å²) in [5.74, 6) is -0.306. The molecule has 0 aliphatic carbocycles. The van der Waals surface area contributed by atoms with Crippen LogP contribution in [-0.2, 0) is 59.7 Å². The van der Waals surface area contributed by atoms with Crippen LogP contribution in [0.1, 0.15) is 135 Å². The maximum Gasteiger partial charge on any atom is 0.341 e. The van der Waals surface area contributed by atoms with E-state index in [1.165, 1.54) is 14.2 Å². The predicted molar refractivity (Wildman–Crippen MR) is 353 cm³/mol. The lowest BCUT2D eigenvalue weighted by molar-refractivity contribution is -0.226. The Hall–Kier alpha value is -7.04. The summed E-state index contributed by atoms with van der Waals surface area (Å²) in [5, 5.41) is 2.61. The smallest absolute Gasteiger partial charge is 0.341 e. The summed E-state index contributed by atoms with van der Waals surface area (Å²) in [6.07, 6.45) is -2.59. The summed E-state index contributed by atoms with van der Waals surface area (Å²) in [7, 11) is -1.80. The van der Waals surface area contributed by atoms with Gasteiger partial charge < -0.3 is 65.5 Å². The van der Waals surface area contributed by atoms with Crippen molar-refractivity contribution in [2.45, 2.75) is 92.9 Å². The molecule has 8 aromatic rings. The van der Waals surface area contributed by atoms with E-state index >= 15 is 0 Å². The topological polar surface area (TPSA) is 163 Å². The van der Waals surface area contributed by atoms with E-state index < -0.39 is 53.8 Å². The highest BCUT2D eigenvalue weighted by Crippen LogP contribution is 2.58. The number of carbonyl (C=O) groups is 2. The quantitative estimate of drug-likeness (QED) is 0.0554. The molecule has 0 bridgehead atoms. The van der Waals surface area contributed by atoms with Crippen molar-refractivity contribution < 1.29 is 75.1 Å². The van der Waals surface area contributed by atoms with E-state index in [2.05, 4.69) is 55.4 Å². The third kappa shape index (κ3) is 14.7. The first-order valence-corrected chi connectivity index (χ1v) is 33.8. The lowest BCUT2D eigenvalue weighted by Crippen LogP contribution is -2.34. The second kappa shape index (κ2) is 27.5. The van der Waals surface area contributed by atoms with Gasteiger partial charge in [0.1, 0.15) is 22.6 Å². The Balaban J connectivity index is 1.07. The molecule has 2 atom stereocenters. The number of carbonyl (C=O) groups excluding carboxylic acids is 2. The number of esters is 2. The zero-order valence-electron chi connectivity index (χ0n) is 53.8. The summed E-state index contributed by atoms with van der Waals surface area (Å²) >= 11 is 0. The Morgan fingerprint density at radius 3 is 1.00 bits per heavy atom. The van der Waals surface area contributed by atoms with Crippen LogP contribution in [0.3, 0.4) is 0 Å². The van der Waals surface area contributed by atoms with Crippen LogP contribution in [0.2, 0.25) is 0 Å². The Labute approximate surface area is 540 Å². The van der Waals surface area contributed by atoms with Crippen LogP contribution in [-0.4, -0.2) is 79.0 Å². The Bertz CT molecular complexity index is 3540. The maximum atomic E-state index is 15.0. The van der Waals surface area contributed by atoms with Crippen LogP contribution in [0.5, 0.6) is 23.0 Å². The van der Waals surface area contributed by atoms with Crippen LogP contribution in [0.15, 0.2) is 158 Å². The molecule has 16 nitrogen and oxygen atoms in total. The van der Waals surface area contributed by atoms with Crippen molar-refractivity contribution in [1.82, 2.24) is 0 Å². The molecular weight excluding hydrogens is 1210 g/mol. The molecule has 2 unspecified atom stereocenters. The fourth-order valence-electron chi connectivity index (χ4n) is 11.6. The molecule has 4 aliphatic rings. The number of fused-ring (bicyclic) bond motifs is 2. The molecule has 12 rings (SSSR count). The van der Waals surface area contributed by atoms with Gasteiger partial charge in [0, 0.05) is 43.9 Å². The van der Waals surface area contributed by atoms with E-state index in [1.807, 2.05) is 146 Å². The largest absolute Gasteiger partial charge is 0.465 e. The fraction of sp³-hybridized carbons (Fsp3) is 0.378. The van der Waals surface area contributed by atoms with Crippen LogP contribution in [0.25, 0.3) is 32.7 Å². The van der Waals surface area contributed by atoms with Gasteiger partial charge in [-0.3, -0.25) is 0 Å². The average Bonchev–Trinajstić information content (AvgIpc) is 0.732. The highest BCUT2D eigenvalue weighted by atomic mass is 31.2. The standard InChI is InChI=1S/C74H80O16P2/c1-71(2)39-79-67(80-40-71)53-29-17-13-25-49(53)37-91(87-59-33-21-19-31-55(59)69-83-43-73(5,6)44-84-69)89-63-57(65(75)77-9)35-47-23-11-15-27-51(47)61(63)62-52-28-16-12-24-48(52)36-58(66(76)78-10)64(62)90-92(38-50-26-14-18-30-54(50)68-81-41-72(3,4)42-82-68)88-60-34-22-20-32-56(60)70-85-45-74(7,8)46-86-70/h11-36,67-70H,37-46H2,1-10H3. The van der Waals surface area contributed by atoms with Gasteiger partial charge in [0.25, 0.3) is 16.8 Å². The van der Waals surface area contributed by atoms with Gasteiger partial charge >= 0.3 is 11.9 Å². The minimum absolute atomic E-state index is 0.0763. The third-order valence-electron chi connectivity index (χ3n) is 16.4. The van der Waals surface area contributed by atoms with Crippen molar-refractivity contribution in [3.05, 3.63) is 202 Å². The first kappa shape index (κ1) is 65.0. The first-order valence-electron chi connectivity index (χ1n) is 31.1. The predicted octanol–water partition coefficient (Wildman–Crippen LogP) is 17.5. The summed E-state index contributed by atoms with van der Waals surface area (Å²) in [6.45, 7) is 20.5. The molecule has 0 aromatic heterocycles. The Kier molecular flexibility index (Phi) is 19.4. The minimum Gasteiger partial charge on any atom is -0.465 e. The number of benzene rings is 8. The molecular formula is C74H80O16P2. The second-order valence-electron chi connectivity index (χ2n) is 27.0. The number of hydrogen-bond acceptors (Lipinski definition) is 16. The molecule has 4 fully saturated rings. The van der Waals surface area contributed by atoms with Gasteiger partial charge in [0.05, 0.1) is 90.5 Å². The molecule has 4 aliphatic heterocycles. The van der Waals surface area contributed by atoms with Gasteiger partial charge in [-0.2, -0.15) is 0 Å². The van der Waals surface area contributed by atoms with Crippen LogP contribution < -0.4 is 18.1 Å². The van der Waals surface area contributed by atoms with Crippen molar-refractivity contribution in [2.75, 3.05) is 67.1 Å². The van der Waals surface area contributed by atoms with E-state index in [0.717, 1.165) is 22.3 Å². The summed E-state index contributed by atoms with van der Waals surface area (Å²) < 4.78 is 92.9. The average molecular weight is 1290 g/mol. The molecule has 8 aromatic carbocycles. The third-order valence-corrected chi connectivity index (χ3v) is 19.2. The molecule has 4 saturated heterocycles. The van der Waals surface area contributed by atoms with Crippen LogP contribution in [0.4, 0.5) is 0 Å². The van der Waals surface area contributed by atoms with Gasteiger partial charge in [0.15, 0.2) is 36.7 Å². The fourth-order valence-corrected chi connectivity index (χ4v) is 14.6. The number of hydrogen-bond donors (Lipinski definition) is 0. The SMILES string of the molecule is COC(=O)c1cc2ccccc2c(-c2c(OP(Cc3ccccc3C3OCC(C)(C)CO3)Oc3ccccc3C3OCC(C)(C)CO3)c(C(=O)OC)cc3ccccc23)c1OP(Cc1ccccc1C1OCC(C)(C)CO1)Oc1ccccc1C1OCC(C)(C)CO1. The highest BCUT2D eigenvalue weighted by Gasteiger charge is 2.39. The molecule has 92 heavy (non-hydrogen) atoms.